The van der Waals surface area contributed by atoms with Crippen molar-refractivity contribution in [1.82, 2.24) is 14.5 Å². The van der Waals surface area contributed by atoms with Gasteiger partial charge in [0.15, 0.2) is 0 Å². The van der Waals surface area contributed by atoms with E-state index in [2.05, 4.69) is 4.90 Å². The van der Waals surface area contributed by atoms with Crippen molar-refractivity contribution >= 4 is 23.1 Å². The lowest BCUT2D eigenvalue weighted by molar-refractivity contribution is 0.219. The van der Waals surface area contributed by atoms with Crippen LogP contribution in [-0.2, 0) is 6.54 Å². The molecule has 138 valence electrons. The summed E-state index contributed by atoms with van der Waals surface area (Å²) in [5.74, 6) is 0.722. The smallest absolute Gasteiger partial charge is 0.261 e. The van der Waals surface area contributed by atoms with Crippen molar-refractivity contribution in [3.63, 3.8) is 0 Å². The first-order valence-corrected chi connectivity index (χ1v) is 9.76. The average Bonchev–Trinajstić information content (AvgIpc) is 2.73. The topological polar surface area (TPSA) is 38.1 Å². The van der Waals surface area contributed by atoms with E-state index in [1.165, 1.54) is 19.3 Å². The largest absolute Gasteiger partial charge is 0.302 e. The number of likely N-dealkylation sites (tertiary alicyclic amines) is 1. The predicted molar refractivity (Wildman–Crippen MR) is 112 cm³/mol. The van der Waals surface area contributed by atoms with Crippen LogP contribution in [0.25, 0.3) is 23.1 Å². The van der Waals surface area contributed by atoms with Gasteiger partial charge in [-0.25, -0.2) is 4.98 Å². The van der Waals surface area contributed by atoms with Crippen LogP contribution in [0.2, 0.25) is 0 Å². The first-order valence-electron chi connectivity index (χ1n) is 9.76. The molecule has 0 aliphatic carbocycles. The molecule has 0 amide bonds. The highest BCUT2D eigenvalue weighted by atomic mass is 16.1. The fraction of sp³-hybridized carbons (Fsp3) is 0.304. The summed E-state index contributed by atoms with van der Waals surface area (Å²) < 4.78 is 1.83. The van der Waals surface area contributed by atoms with Gasteiger partial charge >= 0.3 is 0 Å². The van der Waals surface area contributed by atoms with E-state index in [4.69, 9.17) is 4.98 Å². The maximum atomic E-state index is 13.1. The van der Waals surface area contributed by atoms with Crippen LogP contribution in [0.15, 0.2) is 59.4 Å². The highest BCUT2D eigenvalue weighted by Crippen LogP contribution is 2.13. The summed E-state index contributed by atoms with van der Waals surface area (Å²) >= 11 is 0. The van der Waals surface area contributed by atoms with E-state index < -0.39 is 0 Å². The maximum Gasteiger partial charge on any atom is 0.261 e. The molecular weight excluding hydrogens is 334 g/mol. The molecule has 1 saturated heterocycles. The van der Waals surface area contributed by atoms with Crippen LogP contribution in [0.5, 0.6) is 0 Å². The van der Waals surface area contributed by atoms with Crippen LogP contribution in [0.3, 0.4) is 0 Å². The lowest BCUT2D eigenvalue weighted by Gasteiger charge is -2.26. The molecule has 0 N–H and O–H groups in total. The molecule has 0 unspecified atom stereocenters. The summed E-state index contributed by atoms with van der Waals surface area (Å²) in [6.07, 6.45) is 7.81. The summed E-state index contributed by atoms with van der Waals surface area (Å²) in [6, 6.07) is 17.7. The van der Waals surface area contributed by atoms with E-state index in [0.29, 0.717) is 11.9 Å². The van der Waals surface area contributed by atoms with Crippen LogP contribution in [-0.4, -0.2) is 34.1 Å². The molecule has 0 spiro atoms. The highest BCUT2D eigenvalue weighted by molar-refractivity contribution is 5.79. The highest BCUT2D eigenvalue weighted by Gasteiger charge is 2.13. The third-order valence-electron chi connectivity index (χ3n) is 5.20. The van der Waals surface area contributed by atoms with Gasteiger partial charge in [0.1, 0.15) is 5.82 Å². The van der Waals surface area contributed by atoms with Gasteiger partial charge < -0.3 is 4.90 Å². The van der Waals surface area contributed by atoms with Gasteiger partial charge in [0.05, 0.1) is 10.9 Å². The number of nitrogens with zero attached hydrogens (tertiary/aromatic N) is 3. The van der Waals surface area contributed by atoms with Gasteiger partial charge in [0.25, 0.3) is 5.56 Å². The van der Waals surface area contributed by atoms with Crippen LogP contribution < -0.4 is 5.56 Å². The number of fused-ring (bicyclic) bond motifs is 1. The van der Waals surface area contributed by atoms with E-state index >= 15 is 0 Å². The molecule has 27 heavy (non-hydrogen) atoms. The Balaban J connectivity index is 1.68. The molecule has 1 fully saturated rings. The van der Waals surface area contributed by atoms with Crippen LogP contribution >= 0.6 is 0 Å². The van der Waals surface area contributed by atoms with Crippen molar-refractivity contribution in [1.29, 1.82) is 0 Å². The zero-order chi connectivity index (χ0) is 18.5. The van der Waals surface area contributed by atoms with E-state index in [9.17, 15) is 4.79 Å². The molecule has 1 aliphatic heterocycles. The minimum atomic E-state index is 0.0466. The molecule has 4 nitrogen and oxygen atoms in total. The summed E-state index contributed by atoms with van der Waals surface area (Å²) in [5.41, 5.74) is 1.90. The zero-order valence-corrected chi connectivity index (χ0v) is 15.6. The first kappa shape index (κ1) is 17.7. The standard InChI is InChI=1S/C23H25N3O/c27-23-20-11-5-6-12-21(20)24-22(14-13-19-9-3-1-4-10-19)26(23)18-17-25-15-7-2-8-16-25/h1,3-6,9-14H,2,7-8,15-18H2/b14-13+. The molecule has 1 aromatic heterocycles. The molecule has 2 aromatic carbocycles. The number of hydrogen-bond donors (Lipinski definition) is 0. The zero-order valence-electron chi connectivity index (χ0n) is 15.6. The Morgan fingerprint density at radius 2 is 1.59 bits per heavy atom. The van der Waals surface area contributed by atoms with Crippen molar-refractivity contribution < 1.29 is 0 Å². The van der Waals surface area contributed by atoms with Crippen molar-refractivity contribution in [3.8, 4) is 0 Å². The summed E-state index contributed by atoms with van der Waals surface area (Å²) in [4.78, 5) is 20.3. The van der Waals surface area contributed by atoms with Crippen LogP contribution in [0.1, 0.15) is 30.7 Å². The summed E-state index contributed by atoms with van der Waals surface area (Å²) in [7, 11) is 0. The second-order valence-electron chi connectivity index (χ2n) is 7.09. The van der Waals surface area contributed by atoms with E-state index in [1.807, 2.05) is 71.3 Å². The van der Waals surface area contributed by atoms with Gasteiger partial charge in [0.2, 0.25) is 0 Å². The molecule has 0 radical (unpaired) electrons. The molecule has 4 rings (SSSR count). The van der Waals surface area contributed by atoms with Gasteiger partial charge in [-0.1, -0.05) is 55.0 Å². The van der Waals surface area contributed by atoms with Crippen LogP contribution in [0.4, 0.5) is 0 Å². The normalized spacial score (nSPS) is 15.6. The molecule has 0 atom stereocenters. The lowest BCUT2D eigenvalue weighted by Crippen LogP contribution is -2.35. The number of rotatable bonds is 5. The number of para-hydroxylation sites is 1. The Morgan fingerprint density at radius 3 is 2.41 bits per heavy atom. The van der Waals surface area contributed by atoms with E-state index in [-0.39, 0.29) is 5.56 Å². The Morgan fingerprint density at radius 1 is 0.852 bits per heavy atom. The van der Waals surface area contributed by atoms with Crippen molar-refractivity contribution in [2.45, 2.75) is 25.8 Å². The minimum absolute atomic E-state index is 0.0466. The lowest BCUT2D eigenvalue weighted by atomic mass is 10.1. The minimum Gasteiger partial charge on any atom is -0.302 e. The molecule has 4 heteroatoms. The van der Waals surface area contributed by atoms with Gasteiger partial charge in [0, 0.05) is 13.1 Å². The first-order chi connectivity index (χ1) is 13.3. The Kier molecular flexibility index (Phi) is 5.45. The SMILES string of the molecule is O=c1c2ccccc2nc(/C=C/c2ccccc2)n1CCN1CCCCC1. The van der Waals surface area contributed by atoms with Gasteiger partial charge in [-0.3, -0.25) is 9.36 Å². The number of hydrogen-bond acceptors (Lipinski definition) is 3. The third-order valence-corrected chi connectivity index (χ3v) is 5.20. The quantitative estimate of drug-likeness (QED) is 0.690. The van der Waals surface area contributed by atoms with Crippen molar-refractivity contribution in [2.75, 3.05) is 19.6 Å². The maximum absolute atomic E-state index is 13.1. The van der Waals surface area contributed by atoms with Gasteiger partial charge in [-0.2, -0.15) is 0 Å². The third kappa shape index (κ3) is 4.17. The predicted octanol–water partition coefficient (Wildman–Crippen LogP) is 4.05. The molecule has 3 aromatic rings. The summed E-state index contributed by atoms with van der Waals surface area (Å²) in [5, 5.41) is 0.688. The monoisotopic (exact) mass is 359 g/mol. The fourth-order valence-corrected chi connectivity index (χ4v) is 3.69. The summed E-state index contributed by atoms with van der Waals surface area (Å²) in [6.45, 7) is 3.83. The van der Waals surface area contributed by atoms with Gasteiger partial charge in [-0.05, 0) is 49.7 Å². The Hall–Kier alpha value is -2.72. The Labute approximate surface area is 159 Å². The van der Waals surface area contributed by atoms with E-state index in [0.717, 1.165) is 36.5 Å². The van der Waals surface area contributed by atoms with E-state index in [1.54, 1.807) is 0 Å². The number of benzene rings is 2. The number of piperidine rings is 1. The van der Waals surface area contributed by atoms with Crippen LogP contribution in [0, 0.1) is 0 Å². The van der Waals surface area contributed by atoms with Crippen molar-refractivity contribution in [3.05, 3.63) is 76.3 Å². The fourth-order valence-electron chi connectivity index (χ4n) is 3.69. The Bertz CT molecular complexity index is 985. The molecule has 1 aliphatic rings. The second-order valence-corrected chi connectivity index (χ2v) is 7.09. The molecule has 2 heterocycles. The average molecular weight is 359 g/mol. The van der Waals surface area contributed by atoms with Gasteiger partial charge in [-0.15, -0.1) is 0 Å². The molecule has 0 bridgehead atoms. The second kappa shape index (κ2) is 8.31. The molecular formula is C23H25N3O. The number of aromatic nitrogens is 2. The van der Waals surface area contributed by atoms with Crippen molar-refractivity contribution in [2.24, 2.45) is 0 Å². The molecule has 0 saturated carbocycles.